The van der Waals surface area contributed by atoms with Crippen molar-refractivity contribution in [2.45, 2.75) is 64.7 Å². The highest BCUT2D eigenvalue weighted by Crippen LogP contribution is 2.33. The molecule has 4 heteroatoms. The molecule has 1 fully saturated rings. The van der Waals surface area contributed by atoms with Crippen molar-refractivity contribution in [1.29, 1.82) is 0 Å². The third kappa shape index (κ3) is 4.05. The molecule has 1 atom stereocenters. The summed E-state index contributed by atoms with van der Waals surface area (Å²) in [5.41, 5.74) is 0.988. The molecule has 0 aliphatic heterocycles. The van der Waals surface area contributed by atoms with Crippen molar-refractivity contribution >= 4 is 0 Å². The molecule has 0 radical (unpaired) electrons. The topological polar surface area (TPSA) is 47.3 Å². The van der Waals surface area contributed by atoms with Gasteiger partial charge in [-0.05, 0) is 52.0 Å². The largest absolute Gasteiger partial charge is 0.393 e. The molecular formula is C15H26N2O2. The second kappa shape index (κ2) is 6.53. The molecule has 108 valence electrons. The minimum absolute atomic E-state index is 0.275. The van der Waals surface area contributed by atoms with Crippen molar-refractivity contribution < 1.29 is 9.84 Å². The fraction of sp³-hybridized carbons (Fsp3) is 0.800. The van der Waals surface area contributed by atoms with Crippen molar-refractivity contribution in [3.63, 3.8) is 0 Å². The number of rotatable bonds is 7. The molecule has 0 amide bonds. The molecule has 1 N–H and O–H groups in total. The van der Waals surface area contributed by atoms with E-state index >= 15 is 0 Å². The molecule has 2 rings (SSSR count). The molecule has 0 bridgehead atoms. The molecule has 0 aromatic carbocycles. The van der Waals surface area contributed by atoms with Gasteiger partial charge < -0.3 is 9.84 Å². The third-order valence-electron chi connectivity index (χ3n) is 3.84. The summed E-state index contributed by atoms with van der Waals surface area (Å²) in [6.45, 7) is 7.05. The van der Waals surface area contributed by atoms with E-state index < -0.39 is 0 Å². The normalized spacial score (nSPS) is 24.5. The van der Waals surface area contributed by atoms with E-state index in [0.717, 1.165) is 31.6 Å². The average Bonchev–Trinajstić information content (AvgIpc) is 2.75. The number of ether oxygens (including phenoxy) is 1. The Morgan fingerprint density at radius 3 is 2.79 bits per heavy atom. The lowest BCUT2D eigenvalue weighted by molar-refractivity contribution is -0.0376. The van der Waals surface area contributed by atoms with Crippen LogP contribution in [0.15, 0.2) is 12.3 Å². The number of hydrogen-bond acceptors (Lipinski definition) is 3. The summed E-state index contributed by atoms with van der Waals surface area (Å²) in [5, 5.41) is 14.6. The molecule has 1 aromatic rings. The molecule has 4 nitrogen and oxygen atoms in total. The molecule has 0 spiro atoms. The summed E-state index contributed by atoms with van der Waals surface area (Å²) in [6, 6.07) is 2.39. The SMILES string of the molecule is CCOC1CC(CC(O)Cc2ccn(C(C)C)n2)C1. The number of aliphatic hydroxyl groups is 1. The molecule has 1 aliphatic rings. The molecular weight excluding hydrogens is 240 g/mol. The molecule has 1 unspecified atom stereocenters. The van der Waals surface area contributed by atoms with Gasteiger partial charge in [-0.3, -0.25) is 4.68 Å². The van der Waals surface area contributed by atoms with Crippen LogP contribution in [-0.2, 0) is 11.2 Å². The van der Waals surface area contributed by atoms with Crippen molar-refractivity contribution in [3.05, 3.63) is 18.0 Å². The van der Waals surface area contributed by atoms with E-state index in [-0.39, 0.29) is 6.10 Å². The van der Waals surface area contributed by atoms with Crippen LogP contribution >= 0.6 is 0 Å². The van der Waals surface area contributed by atoms with Gasteiger partial charge in [-0.25, -0.2) is 0 Å². The first kappa shape index (κ1) is 14.5. The van der Waals surface area contributed by atoms with Crippen LogP contribution in [0.25, 0.3) is 0 Å². The monoisotopic (exact) mass is 266 g/mol. The van der Waals surface area contributed by atoms with Gasteiger partial charge in [0, 0.05) is 25.3 Å². The van der Waals surface area contributed by atoms with Crippen molar-refractivity contribution in [2.24, 2.45) is 5.92 Å². The summed E-state index contributed by atoms with van der Waals surface area (Å²) in [6.07, 6.45) is 5.89. The van der Waals surface area contributed by atoms with Gasteiger partial charge in [0.1, 0.15) is 0 Å². The van der Waals surface area contributed by atoms with E-state index in [0.29, 0.717) is 24.5 Å². The van der Waals surface area contributed by atoms with Gasteiger partial charge in [0.2, 0.25) is 0 Å². The Balaban J connectivity index is 1.71. The van der Waals surface area contributed by atoms with Crippen LogP contribution in [0.5, 0.6) is 0 Å². The van der Waals surface area contributed by atoms with Crippen LogP contribution in [-0.4, -0.2) is 33.7 Å². The van der Waals surface area contributed by atoms with Crippen LogP contribution in [0.2, 0.25) is 0 Å². The Morgan fingerprint density at radius 1 is 1.47 bits per heavy atom. The van der Waals surface area contributed by atoms with Gasteiger partial charge in [0.05, 0.1) is 17.9 Å². The maximum atomic E-state index is 10.1. The smallest absolute Gasteiger partial charge is 0.0650 e. The Labute approximate surface area is 115 Å². The highest BCUT2D eigenvalue weighted by Gasteiger charge is 2.31. The second-order valence-electron chi connectivity index (χ2n) is 5.89. The number of nitrogens with zero attached hydrogens (tertiary/aromatic N) is 2. The van der Waals surface area contributed by atoms with Gasteiger partial charge in [0.25, 0.3) is 0 Å². The Hall–Kier alpha value is -0.870. The lowest BCUT2D eigenvalue weighted by Crippen LogP contribution is -2.34. The lowest BCUT2D eigenvalue weighted by atomic mass is 9.78. The van der Waals surface area contributed by atoms with Gasteiger partial charge in [-0.1, -0.05) is 0 Å². The predicted molar refractivity (Wildman–Crippen MR) is 75.1 cm³/mol. The van der Waals surface area contributed by atoms with Crippen molar-refractivity contribution in [2.75, 3.05) is 6.61 Å². The second-order valence-corrected chi connectivity index (χ2v) is 5.89. The van der Waals surface area contributed by atoms with Gasteiger partial charge in [-0.2, -0.15) is 5.10 Å². The van der Waals surface area contributed by atoms with Crippen LogP contribution < -0.4 is 0 Å². The van der Waals surface area contributed by atoms with Crippen molar-refractivity contribution in [3.8, 4) is 0 Å². The zero-order valence-corrected chi connectivity index (χ0v) is 12.2. The van der Waals surface area contributed by atoms with E-state index in [4.69, 9.17) is 4.74 Å². The lowest BCUT2D eigenvalue weighted by Gasteiger charge is -2.36. The molecule has 1 aliphatic carbocycles. The first-order chi connectivity index (χ1) is 9.08. The van der Waals surface area contributed by atoms with E-state index in [1.807, 2.05) is 23.9 Å². The Morgan fingerprint density at radius 2 is 2.21 bits per heavy atom. The number of hydrogen-bond donors (Lipinski definition) is 1. The molecule has 0 saturated heterocycles. The molecule has 1 saturated carbocycles. The van der Waals surface area contributed by atoms with Gasteiger partial charge in [0.15, 0.2) is 0 Å². The number of aliphatic hydroxyl groups excluding tert-OH is 1. The van der Waals surface area contributed by atoms with Gasteiger partial charge in [-0.15, -0.1) is 0 Å². The van der Waals surface area contributed by atoms with Crippen molar-refractivity contribution in [1.82, 2.24) is 9.78 Å². The zero-order chi connectivity index (χ0) is 13.8. The van der Waals surface area contributed by atoms with Crippen LogP contribution in [0.4, 0.5) is 0 Å². The predicted octanol–water partition coefficient (Wildman–Crippen LogP) is 2.57. The molecule has 1 heterocycles. The highest BCUT2D eigenvalue weighted by atomic mass is 16.5. The van der Waals surface area contributed by atoms with E-state index in [1.165, 1.54) is 0 Å². The van der Waals surface area contributed by atoms with Gasteiger partial charge >= 0.3 is 0 Å². The van der Waals surface area contributed by atoms with Crippen LogP contribution in [0.3, 0.4) is 0 Å². The zero-order valence-electron chi connectivity index (χ0n) is 12.2. The maximum absolute atomic E-state index is 10.1. The summed E-state index contributed by atoms with van der Waals surface area (Å²) in [4.78, 5) is 0. The standard InChI is InChI=1S/C15H26N2O2/c1-4-19-15-8-12(9-15)7-14(18)10-13-5-6-17(16-13)11(2)3/h5-6,11-12,14-15,18H,4,7-10H2,1-3H3. The quantitative estimate of drug-likeness (QED) is 0.825. The minimum atomic E-state index is -0.275. The first-order valence-electron chi connectivity index (χ1n) is 7.42. The van der Waals surface area contributed by atoms with E-state index in [1.54, 1.807) is 0 Å². The highest BCUT2D eigenvalue weighted by molar-refractivity contribution is 5.01. The summed E-state index contributed by atoms with van der Waals surface area (Å²) >= 11 is 0. The Kier molecular flexibility index (Phi) is 4.99. The summed E-state index contributed by atoms with van der Waals surface area (Å²) in [7, 11) is 0. The first-order valence-corrected chi connectivity index (χ1v) is 7.42. The fourth-order valence-corrected chi connectivity index (χ4v) is 2.72. The molecule has 19 heavy (non-hydrogen) atoms. The fourth-order valence-electron chi connectivity index (χ4n) is 2.72. The van der Waals surface area contributed by atoms with E-state index in [9.17, 15) is 5.11 Å². The number of aromatic nitrogens is 2. The maximum Gasteiger partial charge on any atom is 0.0650 e. The van der Waals surface area contributed by atoms with Crippen LogP contribution in [0.1, 0.15) is 51.8 Å². The average molecular weight is 266 g/mol. The van der Waals surface area contributed by atoms with Crippen LogP contribution in [0, 0.1) is 5.92 Å². The third-order valence-corrected chi connectivity index (χ3v) is 3.84. The Bertz CT molecular complexity index is 383. The summed E-state index contributed by atoms with van der Waals surface area (Å²) < 4.78 is 7.48. The molecule has 1 aromatic heterocycles. The minimum Gasteiger partial charge on any atom is -0.393 e. The summed E-state index contributed by atoms with van der Waals surface area (Å²) in [5.74, 6) is 0.624. The van der Waals surface area contributed by atoms with E-state index in [2.05, 4.69) is 18.9 Å².